The molecule has 1 atom stereocenters. The first-order valence-electron chi connectivity index (χ1n) is 7.65. The summed E-state index contributed by atoms with van der Waals surface area (Å²) in [5.41, 5.74) is 5.24. The molecule has 0 fully saturated rings. The molecule has 120 valence electrons. The number of aliphatic imine (C=N–C) groups is 1. The van der Waals surface area contributed by atoms with Gasteiger partial charge in [-0.2, -0.15) is 0 Å². The molecular weight excluding hydrogens is 327 g/mol. The molecule has 0 spiro atoms. The van der Waals surface area contributed by atoms with E-state index in [0.29, 0.717) is 5.02 Å². The van der Waals surface area contributed by atoms with Crippen molar-refractivity contribution in [3.63, 3.8) is 0 Å². The van der Waals surface area contributed by atoms with E-state index in [-0.39, 0.29) is 11.9 Å². The average Bonchev–Trinajstić information content (AvgIpc) is 2.89. The van der Waals surface area contributed by atoms with Crippen molar-refractivity contribution in [3.05, 3.63) is 75.9 Å². The number of nitrogens with zero attached hydrogens (tertiary/aromatic N) is 2. The van der Waals surface area contributed by atoms with Gasteiger partial charge in [-0.15, -0.1) is 0 Å². The molecule has 0 aliphatic carbocycles. The number of rotatable bonds is 1. The first kappa shape index (κ1) is 15.1. The molecule has 0 saturated heterocycles. The quantitative estimate of drug-likeness (QED) is 0.598. The number of fused-ring (bicyclic) bond motifs is 3. The predicted octanol–water partition coefficient (Wildman–Crippen LogP) is 5.35. The summed E-state index contributed by atoms with van der Waals surface area (Å²) in [5.74, 6) is 0.451. The Labute approximate surface area is 143 Å². The zero-order chi connectivity index (χ0) is 16.8. The number of hydrogen-bond acceptors (Lipinski definition) is 3. The number of aromatic nitrogens is 1. The Morgan fingerprint density at radius 1 is 1.08 bits per heavy atom. The molecule has 3 aromatic rings. The Morgan fingerprint density at radius 3 is 2.58 bits per heavy atom. The van der Waals surface area contributed by atoms with Crippen LogP contribution < -0.4 is 0 Å². The van der Waals surface area contributed by atoms with Gasteiger partial charge in [-0.05, 0) is 55.8 Å². The van der Waals surface area contributed by atoms with Crippen molar-refractivity contribution in [1.82, 2.24) is 5.16 Å². The summed E-state index contributed by atoms with van der Waals surface area (Å²) in [4.78, 5) is 4.81. The highest BCUT2D eigenvalue weighted by Crippen LogP contribution is 2.40. The summed E-state index contributed by atoms with van der Waals surface area (Å²) in [7, 11) is 0. The van der Waals surface area contributed by atoms with Crippen molar-refractivity contribution in [2.24, 2.45) is 4.99 Å². The fourth-order valence-electron chi connectivity index (χ4n) is 3.09. The average molecular weight is 341 g/mol. The molecule has 0 radical (unpaired) electrons. The van der Waals surface area contributed by atoms with E-state index >= 15 is 0 Å². The van der Waals surface area contributed by atoms with Crippen molar-refractivity contribution >= 4 is 17.3 Å². The van der Waals surface area contributed by atoms with Crippen molar-refractivity contribution < 1.29 is 8.91 Å². The number of hydrogen-bond donors (Lipinski definition) is 0. The summed E-state index contributed by atoms with van der Waals surface area (Å²) < 4.78 is 18.8. The van der Waals surface area contributed by atoms with Gasteiger partial charge in [-0.25, -0.2) is 4.39 Å². The van der Waals surface area contributed by atoms with Crippen LogP contribution in [0.3, 0.4) is 0 Å². The molecular formula is C19H14ClFN2O. The third-order valence-electron chi connectivity index (χ3n) is 4.22. The van der Waals surface area contributed by atoms with Crippen LogP contribution in [0.25, 0.3) is 11.1 Å². The van der Waals surface area contributed by atoms with Crippen LogP contribution in [0.5, 0.6) is 0 Å². The van der Waals surface area contributed by atoms with Gasteiger partial charge in [0, 0.05) is 16.1 Å². The van der Waals surface area contributed by atoms with E-state index in [1.807, 2.05) is 32.0 Å². The SMILES string of the molecule is Cc1noc2c1-c1ccc(Cl)cc1C(c1ccc(F)cc1)=N[C@H]2C. The van der Waals surface area contributed by atoms with Gasteiger partial charge < -0.3 is 4.52 Å². The molecule has 0 unspecified atom stereocenters. The Kier molecular flexibility index (Phi) is 3.50. The maximum atomic E-state index is 13.3. The van der Waals surface area contributed by atoms with Gasteiger partial charge in [0.2, 0.25) is 0 Å². The smallest absolute Gasteiger partial charge is 0.169 e. The Balaban J connectivity index is 2.02. The minimum atomic E-state index is -0.278. The van der Waals surface area contributed by atoms with E-state index in [0.717, 1.165) is 39.4 Å². The molecule has 2 aromatic carbocycles. The maximum Gasteiger partial charge on any atom is 0.169 e. The van der Waals surface area contributed by atoms with E-state index in [2.05, 4.69) is 5.16 Å². The molecule has 2 heterocycles. The van der Waals surface area contributed by atoms with Gasteiger partial charge in [0.1, 0.15) is 11.9 Å². The van der Waals surface area contributed by atoms with Crippen LogP contribution in [0.1, 0.15) is 35.5 Å². The van der Waals surface area contributed by atoms with Gasteiger partial charge in [-0.3, -0.25) is 4.99 Å². The standard InChI is InChI=1S/C19H14ClFN2O/c1-10-17-15-8-5-13(20)9-16(15)18(12-3-6-14(21)7-4-12)22-11(2)19(17)24-23-10/h3-9,11H,1-2H3/t11-/m0/s1. The van der Waals surface area contributed by atoms with Gasteiger partial charge in [0.25, 0.3) is 0 Å². The maximum absolute atomic E-state index is 13.3. The van der Waals surface area contributed by atoms with E-state index in [1.54, 1.807) is 12.1 Å². The van der Waals surface area contributed by atoms with E-state index in [9.17, 15) is 4.39 Å². The van der Waals surface area contributed by atoms with Crippen molar-refractivity contribution in [1.29, 1.82) is 0 Å². The van der Waals surface area contributed by atoms with Crippen molar-refractivity contribution in [2.45, 2.75) is 19.9 Å². The van der Waals surface area contributed by atoms with Crippen molar-refractivity contribution in [3.8, 4) is 11.1 Å². The van der Waals surface area contributed by atoms with Crippen LogP contribution in [0.4, 0.5) is 4.39 Å². The zero-order valence-corrected chi connectivity index (χ0v) is 13.9. The second kappa shape index (κ2) is 5.56. The summed E-state index contributed by atoms with van der Waals surface area (Å²) in [6.45, 7) is 3.87. The highest BCUT2D eigenvalue weighted by atomic mass is 35.5. The topological polar surface area (TPSA) is 38.4 Å². The summed E-state index contributed by atoms with van der Waals surface area (Å²) in [5, 5.41) is 4.71. The largest absolute Gasteiger partial charge is 0.358 e. The molecule has 0 bridgehead atoms. The minimum absolute atomic E-state index is 0.201. The number of aryl methyl sites for hydroxylation is 1. The van der Waals surface area contributed by atoms with E-state index in [1.165, 1.54) is 12.1 Å². The minimum Gasteiger partial charge on any atom is -0.358 e. The van der Waals surface area contributed by atoms with E-state index < -0.39 is 0 Å². The highest BCUT2D eigenvalue weighted by Gasteiger charge is 2.28. The molecule has 4 rings (SSSR count). The fraction of sp³-hybridized carbons (Fsp3) is 0.158. The molecule has 1 aliphatic rings. The van der Waals surface area contributed by atoms with Crippen LogP contribution in [0.15, 0.2) is 52.0 Å². The first-order chi connectivity index (χ1) is 11.5. The lowest BCUT2D eigenvalue weighted by Gasteiger charge is -2.11. The highest BCUT2D eigenvalue weighted by molar-refractivity contribution is 6.31. The fourth-order valence-corrected chi connectivity index (χ4v) is 3.26. The molecule has 3 nitrogen and oxygen atoms in total. The van der Waals surface area contributed by atoms with Gasteiger partial charge in [0.05, 0.1) is 17.0 Å². The molecule has 0 amide bonds. The second-order valence-corrected chi connectivity index (χ2v) is 6.29. The molecule has 24 heavy (non-hydrogen) atoms. The van der Waals surface area contributed by atoms with Crippen LogP contribution in [0.2, 0.25) is 5.02 Å². The molecule has 1 aliphatic heterocycles. The monoisotopic (exact) mass is 340 g/mol. The Morgan fingerprint density at radius 2 is 1.83 bits per heavy atom. The number of benzene rings is 2. The third-order valence-corrected chi connectivity index (χ3v) is 4.45. The normalized spacial score (nSPS) is 16.2. The lowest BCUT2D eigenvalue weighted by molar-refractivity contribution is 0.366. The molecule has 0 saturated carbocycles. The zero-order valence-electron chi connectivity index (χ0n) is 13.2. The Bertz CT molecular complexity index is 960. The summed E-state index contributed by atoms with van der Waals surface area (Å²) in [6.07, 6.45) is 0. The summed E-state index contributed by atoms with van der Waals surface area (Å²) in [6, 6.07) is 11.8. The van der Waals surface area contributed by atoms with Gasteiger partial charge in [-0.1, -0.05) is 22.8 Å². The first-order valence-corrected chi connectivity index (χ1v) is 8.02. The van der Waals surface area contributed by atoms with E-state index in [4.69, 9.17) is 21.1 Å². The second-order valence-electron chi connectivity index (χ2n) is 5.86. The van der Waals surface area contributed by atoms with Crippen LogP contribution >= 0.6 is 11.6 Å². The van der Waals surface area contributed by atoms with Gasteiger partial charge >= 0.3 is 0 Å². The Hall–Kier alpha value is -2.46. The van der Waals surface area contributed by atoms with Crippen LogP contribution in [-0.4, -0.2) is 10.9 Å². The number of halogens is 2. The van der Waals surface area contributed by atoms with Gasteiger partial charge in [0.15, 0.2) is 5.76 Å². The predicted molar refractivity (Wildman–Crippen MR) is 92.1 cm³/mol. The van der Waals surface area contributed by atoms with Crippen LogP contribution in [0, 0.1) is 12.7 Å². The summed E-state index contributed by atoms with van der Waals surface area (Å²) >= 11 is 6.23. The van der Waals surface area contributed by atoms with Crippen LogP contribution in [-0.2, 0) is 0 Å². The third kappa shape index (κ3) is 2.34. The molecule has 0 N–H and O–H groups in total. The molecule has 5 heteroatoms. The lowest BCUT2D eigenvalue weighted by Crippen LogP contribution is -2.05. The van der Waals surface area contributed by atoms with Crippen molar-refractivity contribution in [2.75, 3.05) is 0 Å². The lowest BCUT2D eigenvalue weighted by atomic mass is 9.93. The molecule has 1 aromatic heterocycles.